The predicted molar refractivity (Wildman–Crippen MR) is 100 cm³/mol. The molecule has 1 aliphatic heterocycles. The Kier molecular flexibility index (Phi) is 5.18. The molecule has 3 heterocycles. The first-order valence-electron chi connectivity index (χ1n) is 9.79. The lowest BCUT2D eigenvalue weighted by Crippen LogP contribution is -2.38. The molecule has 2 N–H and O–H groups in total. The fourth-order valence-corrected chi connectivity index (χ4v) is 4.11. The summed E-state index contributed by atoms with van der Waals surface area (Å²) in [6.07, 6.45) is 10.6. The van der Waals surface area contributed by atoms with Gasteiger partial charge in [-0.2, -0.15) is 5.10 Å². The van der Waals surface area contributed by atoms with Crippen molar-refractivity contribution in [3.8, 4) is 0 Å². The number of nitrogens with one attached hydrogen (secondary N) is 2. The summed E-state index contributed by atoms with van der Waals surface area (Å²) in [7, 11) is 0. The van der Waals surface area contributed by atoms with E-state index in [1.54, 1.807) is 30.6 Å². The number of rotatable bonds is 4. The lowest BCUT2D eigenvalue weighted by atomic mass is 9.98. The Morgan fingerprint density at radius 3 is 2.74 bits per heavy atom. The van der Waals surface area contributed by atoms with Crippen LogP contribution in [0, 0.1) is 0 Å². The molecule has 2 aliphatic rings. The molecule has 0 radical (unpaired) electrons. The summed E-state index contributed by atoms with van der Waals surface area (Å²) in [6, 6.07) is 5.52. The van der Waals surface area contributed by atoms with E-state index in [1.807, 2.05) is 4.90 Å². The number of aromatic amines is 1. The highest BCUT2D eigenvalue weighted by Gasteiger charge is 2.31. The number of piperidine rings is 1. The van der Waals surface area contributed by atoms with Gasteiger partial charge in [-0.3, -0.25) is 19.7 Å². The van der Waals surface area contributed by atoms with E-state index in [1.165, 1.54) is 12.8 Å². The molecular formula is C20H25N5O2. The van der Waals surface area contributed by atoms with E-state index in [2.05, 4.69) is 20.5 Å². The van der Waals surface area contributed by atoms with Gasteiger partial charge in [0.05, 0.1) is 17.3 Å². The van der Waals surface area contributed by atoms with Gasteiger partial charge < -0.3 is 10.2 Å². The number of aromatic nitrogens is 3. The lowest BCUT2D eigenvalue weighted by molar-refractivity contribution is 0.0605. The monoisotopic (exact) mass is 367 g/mol. The van der Waals surface area contributed by atoms with Crippen LogP contribution in [-0.4, -0.2) is 44.5 Å². The van der Waals surface area contributed by atoms with E-state index in [4.69, 9.17) is 0 Å². The minimum Gasteiger partial charge on any atom is -0.348 e. The summed E-state index contributed by atoms with van der Waals surface area (Å²) in [4.78, 5) is 31.3. The van der Waals surface area contributed by atoms with Crippen LogP contribution in [0.2, 0.25) is 0 Å². The van der Waals surface area contributed by atoms with Crippen LogP contribution in [0.5, 0.6) is 0 Å². The molecule has 1 unspecified atom stereocenters. The van der Waals surface area contributed by atoms with Crippen LogP contribution in [0.15, 0.2) is 30.6 Å². The van der Waals surface area contributed by atoms with Crippen molar-refractivity contribution < 1.29 is 9.59 Å². The Bertz CT molecular complexity index is 798. The van der Waals surface area contributed by atoms with Gasteiger partial charge in [-0.05, 0) is 50.3 Å². The maximum Gasteiger partial charge on any atom is 0.271 e. The Labute approximate surface area is 158 Å². The first-order valence-corrected chi connectivity index (χ1v) is 9.79. The van der Waals surface area contributed by atoms with E-state index in [0.29, 0.717) is 17.8 Å². The number of nitrogens with zero attached hydrogens (tertiary/aromatic N) is 3. The molecule has 7 nitrogen and oxygen atoms in total. The average molecular weight is 367 g/mol. The molecule has 4 rings (SSSR count). The van der Waals surface area contributed by atoms with E-state index in [9.17, 15) is 9.59 Å². The second kappa shape index (κ2) is 7.90. The fourth-order valence-electron chi connectivity index (χ4n) is 4.11. The topological polar surface area (TPSA) is 91.0 Å². The summed E-state index contributed by atoms with van der Waals surface area (Å²) >= 11 is 0. The predicted octanol–water partition coefficient (Wildman–Crippen LogP) is 2.84. The third-order valence-electron chi connectivity index (χ3n) is 5.55. The van der Waals surface area contributed by atoms with Crippen molar-refractivity contribution in [1.82, 2.24) is 25.4 Å². The zero-order valence-corrected chi connectivity index (χ0v) is 15.4. The summed E-state index contributed by atoms with van der Waals surface area (Å²) in [6.45, 7) is 0.695. The lowest BCUT2D eigenvalue weighted by Gasteiger charge is -2.35. The van der Waals surface area contributed by atoms with Crippen molar-refractivity contribution in [2.24, 2.45) is 0 Å². The number of hydrogen-bond acceptors (Lipinski definition) is 4. The quantitative estimate of drug-likeness (QED) is 0.869. The molecule has 0 spiro atoms. The zero-order valence-electron chi connectivity index (χ0n) is 15.4. The molecule has 27 heavy (non-hydrogen) atoms. The fraction of sp³-hybridized carbons (Fsp3) is 0.500. The molecule has 2 amide bonds. The van der Waals surface area contributed by atoms with Crippen molar-refractivity contribution >= 4 is 11.8 Å². The van der Waals surface area contributed by atoms with E-state index >= 15 is 0 Å². The van der Waals surface area contributed by atoms with Crippen LogP contribution < -0.4 is 5.32 Å². The normalized spacial score (nSPS) is 20.6. The first kappa shape index (κ1) is 17.7. The second-order valence-electron chi connectivity index (χ2n) is 7.42. The summed E-state index contributed by atoms with van der Waals surface area (Å²) < 4.78 is 0. The highest BCUT2D eigenvalue weighted by Crippen LogP contribution is 2.31. The maximum atomic E-state index is 12.9. The molecule has 2 fully saturated rings. The van der Waals surface area contributed by atoms with Gasteiger partial charge in [-0.1, -0.05) is 12.8 Å². The number of carbonyl (C=O) groups is 2. The molecule has 2 aromatic rings. The zero-order chi connectivity index (χ0) is 18.6. The number of pyridine rings is 1. The third kappa shape index (κ3) is 3.86. The average Bonchev–Trinajstić information content (AvgIpc) is 3.40. The highest BCUT2D eigenvalue weighted by atomic mass is 16.2. The number of likely N-dealkylation sites (tertiary alicyclic amines) is 1. The molecule has 7 heteroatoms. The Balaban J connectivity index is 1.50. The van der Waals surface area contributed by atoms with Crippen LogP contribution in [-0.2, 0) is 0 Å². The van der Waals surface area contributed by atoms with Gasteiger partial charge in [-0.25, -0.2) is 0 Å². The van der Waals surface area contributed by atoms with Crippen molar-refractivity contribution in [2.75, 3.05) is 6.54 Å². The molecule has 1 aliphatic carbocycles. The molecule has 1 saturated carbocycles. The van der Waals surface area contributed by atoms with Crippen LogP contribution >= 0.6 is 0 Å². The molecule has 142 valence electrons. The first-order chi connectivity index (χ1) is 13.2. The molecule has 1 atom stereocenters. The minimum absolute atomic E-state index is 0.0284. The molecule has 2 aromatic heterocycles. The summed E-state index contributed by atoms with van der Waals surface area (Å²) in [5, 5.41) is 10.3. The van der Waals surface area contributed by atoms with E-state index in [0.717, 1.165) is 37.8 Å². The van der Waals surface area contributed by atoms with Gasteiger partial charge >= 0.3 is 0 Å². The standard InChI is InChI=1S/C20H25N5O2/c26-19(22-15-7-1-2-8-15)17-12-16(23-24-17)18-9-3-4-11-25(18)20(27)14-6-5-10-21-13-14/h5-6,10,12-13,15,18H,1-4,7-9,11H2,(H,22,26)(H,23,24). The largest absolute Gasteiger partial charge is 0.348 e. The van der Waals surface area contributed by atoms with Gasteiger partial charge in [0.15, 0.2) is 0 Å². The summed E-state index contributed by atoms with van der Waals surface area (Å²) in [5.41, 5.74) is 1.81. The van der Waals surface area contributed by atoms with Crippen LogP contribution in [0.1, 0.15) is 77.5 Å². The van der Waals surface area contributed by atoms with Gasteiger partial charge in [0, 0.05) is 25.0 Å². The van der Waals surface area contributed by atoms with Crippen LogP contribution in [0.25, 0.3) is 0 Å². The number of carbonyl (C=O) groups excluding carboxylic acids is 2. The van der Waals surface area contributed by atoms with Crippen molar-refractivity contribution in [3.63, 3.8) is 0 Å². The van der Waals surface area contributed by atoms with E-state index < -0.39 is 0 Å². The molecule has 0 bridgehead atoms. The number of hydrogen-bond donors (Lipinski definition) is 2. The number of H-pyrrole nitrogens is 1. The smallest absolute Gasteiger partial charge is 0.271 e. The van der Waals surface area contributed by atoms with Gasteiger partial charge in [0.1, 0.15) is 5.69 Å². The van der Waals surface area contributed by atoms with Gasteiger partial charge in [0.2, 0.25) is 0 Å². The van der Waals surface area contributed by atoms with Gasteiger partial charge in [0.25, 0.3) is 11.8 Å². The highest BCUT2D eigenvalue weighted by molar-refractivity contribution is 5.94. The summed E-state index contributed by atoms with van der Waals surface area (Å²) in [5.74, 6) is -0.162. The van der Waals surface area contributed by atoms with Crippen LogP contribution in [0.4, 0.5) is 0 Å². The molecule has 1 saturated heterocycles. The molecule has 0 aromatic carbocycles. The SMILES string of the molecule is O=C(NC1CCCC1)c1cc(C2CCCCN2C(=O)c2cccnc2)[nH]n1. The van der Waals surface area contributed by atoms with Crippen molar-refractivity contribution in [3.05, 3.63) is 47.5 Å². The third-order valence-corrected chi connectivity index (χ3v) is 5.55. The van der Waals surface area contributed by atoms with Crippen LogP contribution in [0.3, 0.4) is 0 Å². The van der Waals surface area contributed by atoms with Crippen molar-refractivity contribution in [1.29, 1.82) is 0 Å². The Hall–Kier alpha value is -2.70. The maximum absolute atomic E-state index is 12.9. The van der Waals surface area contributed by atoms with Gasteiger partial charge in [-0.15, -0.1) is 0 Å². The second-order valence-corrected chi connectivity index (χ2v) is 7.42. The minimum atomic E-state index is -0.134. The molecular weight excluding hydrogens is 342 g/mol. The Morgan fingerprint density at radius 2 is 1.96 bits per heavy atom. The van der Waals surface area contributed by atoms with Crippen molar-refractivity contribution in [2.45, 2.75) is 57.0 Å². The number of amides is 2. The Morgan fingerprint density at radius 1 is 1.15 bits per heavy atom. The van der Waals surface area contributed by atoms with E-state index in [-0.39, 0.29) is 23.9 Å².